The summed E-state index contributed by atoms with van der Waals surface area (Å²) in [5, 5.41) is 5.73. The molecule has 0 bridgehead atoms. The molecule has 0 spiro atoms. The molecule has 5 rings (SSSR count). The van der Waals surface area contributed by atoms with E-state index in [9.17, 15) is 9.59 Å². The summed E-state index contributed by atoms with van der Waals surface area (Å²) in [7, 11) is 0. The second-order valence-corrected chi connectivity index (χ2v) is 8.44. The third-order valence-electron chi connectivity index (χ3n) is 6.06. The molecule has 4 aromatic rings. The highest BCUT2D eigenvalue weighted by atomic mass is 16.3. The first-order chi connectivity index (χ1) is 16.7. The smallest absolute Gasteiger partial charge is 0.287 e. The molecular formula is C27H26N4O3. The van der Waals surface area contributed by atoms with Crippen LogP contribution >= 0.6 is 0 Å². The molecule has 2 aromatic heterocycles. The Bertz CT molecular complexity index is 1260. The first-order valence-electron chi connectivity index (χ1n) is 11.5. The van der Waals surface area contributed by atoms with E-state index in [1.54, 1.807) is 12.1 Å². The van der Waals surface area contributed by atoms with E-state index in [4.69, 9.17) is 4.42 Å². The predicted molar refractivity (Wildman–Crippen MR) is 129 cm³/mol. The van der Waals surface area contributed by atoms with Crippen LogP contribution in [0.15, 0.2) is 83.6 Å². The highest BCUT2D eigenvalue weighted by Crippen LogP contribution is 2.25. The number of hydrogen-bond acceptors (Lipinski definition) is 4. The van der Waals surface area contributed by atoms with Gasteiger partial charge in [-0.1, -0.05) is 30.3 Å². The third-order valence-corrected chi connectivity index (χ3v) is 6.06. The number of rotatable bonds is 7. The molecule has 7 nitrogen and oxygen atoms in total. The summed E-state index contributed by atoms with van der Waals surface area (Å²) in [6, 6.07) is 19.7. The minimum atomic E-state index is -0.765. The standard InChI is InChI=1S/C27H26N4O3/c32-26(23(17-19-7-2-1-3-8-19)30-27(33)24-10-6-16-34-24)29-21-13-11-20(12-14-21)25-28-18-22-9-4-5-15-31(22)25/h1-3,6-8,10-14,16,18,23H,4-5,9,15,17H2,(H,29,32)(H,30,33). The molecule has 1 unspecified atom stereocenters. The van der Waals surface area contributed by atoms with Crippen LogP contribution in [0.25, 0.3) is 11.4 Å². The van der Waals surface area contributed by atoms with Crippen molar-refractivity contribution in [3.8, 4) is 11.4 Å². The number of imidazole rings is 1. The van der Waals surface area contributed by atoms with Crippen molar-refractivity contribution >= 4 is 17.5 Å². The minimum Gasteiger partial charge on any atom is -0.459 e. The molecule has 1 atom stereocenters. The number of anilines is 1. The zero-order valence-corrected chi connectivity index (χ0v) is 18.7. The molecule has 34 heavy (non-hydrogen) atoms. The van der Waals surface area contributed by atoms with Crippen molar-refractivity contribution in [3.63, 3.8) is 0 Å². The number of benzene rings is 2. The van der Waals surface area contributed by atoms with Crippen molar-refractivity contribution in [2.75, 3.05) is 5.32 Å². The number of carbonyl (C=O) groups is 2. The van der Waals surface area contributed by atoms with Crippen LogP contribution in [0.2, 0.25) is 0 Å². The molecule has 3 heterocycles. The van der Waals surface area contributed by atoms with E-state index in [0.29, 0.717) is 12.1 Å². The summed E-state index contributed by atoms with van der Waals surface area (Å²) >= 11 is 0. The molecule has 0 saturated heterocycles. The van der Waals surface area contributed by atoms with Gasteiger partial charge in [0.05, 0.1) is 6.26 Å². The van der Waals surface area contributed by atoms with E-state index < -0.39 is 11.9 Å². The number of aromatic nitrogens is 2. The SMILES string of the molecule is O=C(NC(Cc1ccccc1)C(=O)Nc1ccc(-c2ncc3n2CCCC3)cc1)c1ccco1. The number of amides is 2. The summed E-state index contributed by atoms with van der Waals surface area (Å²) in [5.74, 6) is 0.397. The number of hydrogen-bond donors (Lipinski definition) is 2. The number of nitrogens with zero attached hydrogens (tertiary/aromatic N) is 2. The summed E-state index contributed by atoms with van der Waals surface area (Å²) in [5.41, 5.74) is 3.89. The van der Waals surface area contributed by atoms with Crippen LogP contribution in [0.3, 0.4) is 0 Å². The fourth-order valence-electron chi connectivity index (χ4n) is 4.29. The Morgan fingerprint density at radius 1 is 1.00 bits per heavy atom. The lowest BCUT2D eigenvalue weighted by atomic mass is 10.0. The zero-order valence-electron chi connectivity index (χ0n) is 18.7. The Morgan fingerprint density at radius 2 is 1.82 bits per heavy atom. The fourth-order valence-corrected chi connectivity index (χ4v) is 4.29. The largest absolute Gasteiger partial charge is 0.459 e. The average molecular weight is 455 g/mol. The predicted octanol–water partition coefficient (Wildman–Crippen LogP) is 4.46. The Hall–Kier alpha value is -4.13. The van der Waals surface area contributed by atoms with Gasteiger partial charge in [0.25, 0.3) is 5.91 Å². The van der Waals surface area contributed by atoms with Crippen LogP contribution in [0.5, 0.6) is 0 Å². The van der Waals surface area contributed by atoms with Crippen molar-refractivity contribution < 1.29 is 14.0 Å². The monoisotopic (exact) mass is 454 g/mol. The molecule has 7 heteroatoms. The second kappa shape index (κ2) is 9.79. The van der Waals surface area contributed by atoms with Crippen molar-refractivity contribution in [2.45, 2.75) is 38.3 Å². The molecule has 2 N–H and O–H groups in total. The number of carbonyl (C=O) groups excluding carboxylic acids is 2. The topological polar surface area (TPSA) is 89.2 Å². The molecule has 0 saturated carbocycles. The highest BCUT2D eigenvalue weighted by molar-refractivity contribution is 6.00. The first kappa shape index (κ1) is 21.7. The van der Waals surface area contributed by atoms with Crippen molar-refractivity contribution in [1.82, 2.24) is 14.9 Å². The first-order valence-corrected chi connectivity index (χ1v) is 11.5. The Kier molecular flexibility index (Phi) is 6.25. The van der Waals surface area contributed by atoms with E-state index in [-0.39, 0.29) is 11.7 Å². The number of aryl methyl sites for hydroxylation is 1. The van der Waals surface area contributed by atoms with Gasteiger partial charge in [-0.2, -0.15) is 0 Å². The lowest BCUT2D eigenvalue weighted by Gasteiger charge is -2.19. The van der Waals surface area contributed by atoms with E-state index in [1.165, 1.54) is 18.4 Å². The molecule has 1 aliphatic rings. The van der Waals surface area contributed by atoms with Gasteiger partial charge in [-0.25, -0.2) is 4.98 Å². The Morgan fingerprint density at radius 3 is 2.59 bits per heavy atom. The maximum absolute atomic E-state index is 13.2. The van der Waals surface area contributed by atoms with Gasteiger partial charge in [0, 0.05) is 36.1 Å². The molecule has 0 radical (unpaired) electrons. The Labute approximate surface area is 197 Å². The summed E-state index contributed by atoms with van der Waals surface area (Å²) in [4.78, 5) is 30.3. The van der Waals surface area contributed by atoms with Gasteiger partial charge in [0.1, 0.15) is 11.9 Å². The second-order valence-electron chi connectivity index (χ2n) is 8.44. The van der Waals surface area contributed by atoms with Gasteiger partial charge < -0.3 is 19.6 Å². The number of fused-ring (bicyclic) bond motifs is 1. The lowest BCUT2D eigenvalue weighted by Crippen LogP contribution is -2.45. The van der Waals surface area contributed by atoms with Crippen molar-refractivity contribution in [2.24, 2.45) is 0 Å². The molecule has 2 aromatic carbocycles. The zero-order chi connectivity index (χ0) is 23.3. The lowest BCUT2D eigenvalue weighted by molar-refractivity contribution is -0.118. The maximum atomic E-state index is 13.2. The molecule has 0 fully saturated rings. The van der Waals surface area contributed by atoms with Gasteiger partial charge in [-0.3, -0.25) is 9.59 Å². The summed E-state index contributed by atoms with van der Waals surface area (Å²) in [6.07, 6.45) is 7.18. The van der Waals surface area contributed by atoms with Gasteiger partial charge in [-0.15, -0.1) is 0 Å². The fraction of sp³-hybridized carbons (Fsp3) is 0.222. The van der Waals surface area contributed by atoms with Crippen molar-refractivity contribution in [3.05, 3.63) is 96.2 Å². The van der Waals surface area contributed by atoms with E-state index in [1.807, 2.05) is 60.8 Å². The third kappa shape index (κ3) is 4.78. The maximum Gasteiger partial charge on any atom is 0.287 e. The van der Waals surface area contributed by atoms with Gasteiger partial charge in [-0.05, 0) is 61.2 Å². The molecular weight excluding hydrogens is 428 g/mol. The van der Waals surface area contributed by atoms with E-state index in [2.05, 4.69) is 20.2 Å². The molecule has 2 amide bonds. The van der Waals surface area contributed by atoms with E-state index in [0.717, 1.165) is 36.3 Å². The van der Waals surface area contributed by atoms with E-state index >= 15 is 0 Å². The average Bonchev–Trinajstić information content (AvgIpc) is 3.55. The number of furan rings is 1. The number of nitrogens with one attached hydrogen (secondary N) is 2. The van der Waals surface area contributed by atoms with Crippen LogP contribution in [0, 0.1) is 0 Å². The van der Waals surface area contributed by atoms with Crippen LogP contribution in [0.4, 0.5) is 5.69 Å². The van der Waals surface area contributed by atoms with Crippen LogP contribution in [-0.2, 0) is 24.2 Å². The highest BCUT2D eigenvalue weighted by Gasteiger charge is 2.23. The molecule has 1 aliphatic heterocycles. The molecule has 172 valence electrons. The van der Waals surface area contributed by atoms with Crippen LogP contribution in [0.1, 0.15) is 34.7 Å². The Balaban J connectivity index is 1.31. The van der Waals surface area contributed by atoms with Crippen LogP contribution in [-0.4, -0.2) is 27.4 Å². The molecule has 0 aliphatic carbocycles. The van der Waals surface area contributed by atoms with Crippen molar-refractivity contribution in [1.29, 1.82) is 0 Å². The van der Waals surface area contributed by atoms with Crippen LogP contribution < -0.4 is 10.6 Å². The summed E-state index contributed by atoms with van der Waals surface area (Å²) in [6.45, 7) is 0.986. The normalized spacial score (nSPS) is 13.6. The van der Waals surface area contributed by atoms with Gasteiger partial charge >= 0.3 is 0 Å². The minimum absolute atomic E-state index is 0.165. The van der Waals surface area contributed by atoms with Gasteiger partial charge in [0.15, 0.2) is 5.76 Å². The quantitative estimate of drug-likeness (QED) is 0.432. The van der Waals surface area contributed by atoms with Gasteiger partial charge in [0.2, 0.25) is 5.91 Å². The summed E-state index contributed by atoms with van der Waals surface area (Å²) < 4.78 is 7.46.